The highest BCUT2D eigenvalue weighted by atomic mass is 19.1. The SMILES string of the molecule is Cc1cc(F)ccc1CNc1cccc(-n2cnnc2)c1. The van der Waals surface area contributed by atoms with Gasteiger partial charge in [0.1, 0.15) is 18.5 Å². The van der Waals surface area contributed by atoms with E-state index >= 15 is 0 Å². The van der Waals surface area contributed by atoms with Gasteiger partial charge in [-0.2, -0.15) is 0 Å². The Bertz CT molecular complexity index is 738. The van der Waals surface area contributed by atoms with Crippen LogP contribution < -0.4 is 5.32 Å². The molecule has 0 saturated heterocycles. The molecule has 0 radical (unpaired) electrons. The van der Waals surface area contributed by atoms with Crippen molar-refractivity contribution in [2.75, 3.05) is 5.32 Å². The lowest BCUT2D eigenvalue weighted by atomic mass is 10.1. The van der Waals surface area contributed by atoms with Crippen LogP contribution in [0.5, 0.6) is 0 Å². The van der Waals surface area contributed by atoms with Gasteiger partial charge < -0.3 is 5.32 Å². The molecule has 1 aromatic heterocycles. The zero-order chi connectivity index (χ0) is 14.7. The second-order valence-electron chi connectivity index (χ2n) is 4.84. The van der Waals surface area contributed by atoms with Crippen LogP contribution in [0.25, 0.3) is 5.69 Å². The van der Waals surface area contributed by atoms with Crippen molar-refractivity contribution in [2.45, 2.75) is 13.5 Å². The number of halogens is 1. The molecule has 0 unspecified atom stereocenters. The minimum atomic E-state index is -0.203. The van der Waals surface area contributed by atoms with E-state index in [9.17, 15) is 4.39 Å². The zero-order valence-corrected chi connectivity index (χ0v) is 11.6. The smallest absolute Gasteiger partial charge is 0.123 e. The maximum Gasteiger partial charge on any atom is 0.123 e. The highest BCUT2D eigenvalue weighted by molar-refractivity contribution is 5.51. The first-order valence-corrected chi connectivity index (χ1v) is 6.66. The molecule has 0 fully saturated rings. The van der Waals surface area contributed by atoms with Crippen LogP contribution in [0.2, 0.25) is 0 Å². The minimum absolute atomic E-state index is 0.203. The molecule has 0 aliphatic heterocycles. The first-order valence-electron chi connectivity index (χ1n) is 6.66. The average Bonchev–Trinajstić information content (AvgIpc) is 3.01. The fourth-order valence-corrected chi connectivity index (χ4v) is 2.17. The van der Waals surface area contributed by atoms with Crippen LogP contribution in [0.15, 0.2) is 55.1 Å². The van der Waals surface area contributed by atoms with E-state index in [1.807, 2.05) is 35.8 Å². The maximum absolute atomic E-state index is 13.1. The van der Waals surface area contributed by atoms with Gasteiger partial charge in [0, 0.05) is 12.2 Å². The normalized spacial score (nSPS) is 10.6. The van der Waals surface area contributed by atoms with Crippen molar-refractivity contribution in [3.05, 3.63) is 72.1 Å². The topological polar surface area (TPSA) is 42.7 Å². The van der Waals surface area contributed by atoms with Crippen LogP contribution >= 0.6 is 0 Å². The van der Waals surface area contributed by atoms with E-state index in [0.29, 0.717) is 6.54 Å². The van der Waals surface area contributed by atoms with Gasteiger partial charge >= 0.3 is 0 Å². The van der Waals surface area contributed by atoms with Crippen LogP contribution in [0, 0.1) is 12.7 Å². The Balaban J connectivity index is 1.75. The molecule has 3 aromatic rings. The first kappa shape index (κ1) is 13.3. The Morgan fingerprint density at radius 3 is 2.67 bits per heavy atom. The largest absolute Gasteiger partial charge is 0.381 e. The summed E-state index contributed by atoms with van der Waals surface area (Å²) >= 11 is 0. The molecule has 0 spiro atoms. The number of hydrogen-bond donors (Lipinski definition) is 1. The number of hydrogen-bond acceptors (Lipinski definition) is 3. The van der Waals surface area contributed by atoms with Crippen molar-refractivity contribution in [1.29, 1.82) is 0 Å². The number of nitrogens with one attached hydrogen (secondary N) is 1. The molecule has 3 rings (SSSR count). The lowest BCUT2D eigenvalue weighted by Gasteiger charge is -2.10. The Kier molecular flexibility index (Phi) is 3.64. The lowest BCUT2D eigenvalue weighted by Crippen LogP contribution is -2.02. The summed E-state index contributed by atoms with van der Waals surface area (Å²) < 4.78 is 14.9. The summed E-state index contributed by atoms with van der Waals surface area (Å²) in [7, 11) is 0. The van der Waals surface area contributed by atoms with E-state index in [-0.39, 0.29) is 5.82 Å². The first-order chi connectivity index (χ1) is 10.2. The molecule has 0 aliphatic rings. The summed E-state index contributed by atoms with van der Waals surface area (Å²) in [5.74, 6) is -0.203. The standard InChI is InChI=1S/C16H15FN4/c1-12-7-14(17)6-5-13(12)9-18-15-3-2-4-16(8-15)21-10-19-20-11-21/h2-8,10-11,18H,9H2,1H3. The lowest BCUT2D eigenvalue weighted by molar-refractivity contribution is 0.625. The molecule has 1 N–H and O–H groups in total. The molecule has 0 saturated carbocycles. The third-order valence-electron chi connectivity index (χ3n) is 3.35. The second kappa shape index (κ2) is 5.75. The highest BCUT2D eigenvalue weighted by Gasteiger charge is 2.02. The predicted molar refractivity (Wildman–Crippen MR) is 79.8 cm³/mol. The summed E-state index contributed by atoms with van der Waals surface area (Å²) in [4.78, 5) is 0. The third-order valence-corrected chi connectivity index (χ3v) is 3.35. The van der Waals surface area contributed by atoms with Gasteiger partial charge in [-0.1, -0.05) is 12.1 Å². The van der Waals surface area contributed by atoms with E-state index in [4.69, 9.17) is 0 Å². The summed E-state index contributed by atoms with van der Waals surface area (Å²) in [6, 6.07) is 12.8. The molecule has 4 nitrogen and oxygen atoms in total. The van der Waals surface area contributed by atoms with Crippen LogP contribution in [-0.2, 0) is 6.54 Å². The summed E-state index contributed by atoms with van der Waals surface area (Å²) in [6.07, 6.45) is 3.31. The van der Waals surface area contributed by atoms with Crippen LogP contribution in [0.3, 0.4) is 0 Å². The Hall–Kier alpha value is -2.69. The second-order valence-corrected chi connectivity index (χ2v) is 4.84. The number of anilines is 1. The van der Waals surface area contributed by atoms with Crippen LogP contribution in [0.1, 0.15) is 11.1 Å². The van der Waals surface area contributed by atoms with E-state index in [0.717, 1.165) is 22.5 Å². The van der Waals surface area contributed by atoms with E-state index in [1.54, 1.807) is 24.8 Å². The van der Waals surface area contributed by atoms with Crippen molar-refractivity contribution >= 4 is 5.69 Å². The van der Waals surface area contributed by atoms with Crippen molar-refractivity contribution in [2.24, 2.45) is 0 Å². The molecule has 0 bridgehead atoms. The Morgan fingerprint density at radius 1 is 1.10 bits per heavy atom. The van der Waals surface area contributed by atoms with Crippen molar-refractivity contribution < 1.29 is 4.39 Å². The number of aryl methyl sites for hydroxylation is 1. The van der Waals surface area contributed by atoms with Gasteiger partial charge in [0.15, 0.2) is 0 Å². The molecule has 5 heteroatoms. The van der Waals surface area contributed by atoms with Crippen LogP contribution in [0.4, 0.5) is 10.1 Å². The molecule has 1 heterocycles. The quantitative estimate of drug-likeness (QED) is 0.798. The molecule has 21 heavy (non-hydrogen) atoms. The van der Waals surface area contributed by atoms with Crippen molar-refractivity contribution in [1.82, 2.24) is 14.8 Å². The monoisotopic (exact) mass is 282 g/mol. The van der Waals surface area contributed by atoms with Crippen molar-refractivity contribution in [3.8, 4) is 5.69 Å². The number of benzene rings is 2. The maximum atomic E-state index is 13.1. The van der Waals surface area contributed by atoms with Gasteiger partial charge in [0.05, 0.1) is 5.69 Å². The Labute approximate surface area is 122 Å². The van der Waals surface area contributed by atoms with E-state index in [2.05, 4.69) is 15.5 Å². The van der Waals surface area contributed by atoms with E-state index < -0.39 is 0 Å². The zero-order valence-electron chi connectivity index (χ0n) is 11.6. The van der Waals surface area contributed by atoms with Gasteiger partial charge in [-0.25, -0.2) is 4.39 Å². The van der Waals surface area contributed by atoms with Gasteiger partial charge in [-0.15, -0.1) is 10.2 Å². The predicted octanol–water partition coefficient (Wildman–Crippen LogP) is 3.33. The average molecular weight is 282 g/mol. The fraction of sp³-hybridized carbons (Fsp3) is 0.125. The molecule has 0 amide bonds. The molecule has 2 aromatic carbocycles. The molecular weight excluding hydrogens is 267 g/mol. The van der Waals surface area contributed by atoms with Gasteiger partial charge in [0.2, 0.25) is 0 Å². The summed E-state index contributed by atoms with van der Waals surface area (Å²) in [5.41, 5.74) is 3.99. The molecular formula is C16H15FN4. The molecule has 0 aliphatic carbocycles. The van der Waals surface area contributed by atoms with Gasteiger partial charge in [-0.05, 0) is 48.4 Å². The summed E-state index contributed by atoms with van der Waals surface area (Å²) in [6.45, 7) is 2.56. The van der Waals surface area contributed by atoms with E-state index in [1.165, 1.54) is 6.07 Å². The fourth-order valence-electron chi connectivity index (χ4n) is 2.17. The minimum Gasteiger partial charge on any atom is -0.381 e. The molecule has 106 valence electrons. The van der Waals surface area contributed by atoms with Gasteiger partial charge in [0.25, 0.3) is 0 Å². The van der Waals surface area contributed by atoms with Crippen LogP contribution in [-0.4, -0.2) is 14.8 Å². The number of aromatic nitrogens is 3. The Morgan fingerprint density at radius 2 is 1.90 bits per heavy atom. The highest BCUT2D eigenvalue weighted by Crippen LogP contribution is 2.16. The number of nitrogens with zero attached hydrogens (tertiary/aromatic N) is 3. The molecule has 0 atom stereocenters. The summed E-state index contributed by atoms with van der Waals surface area (Å²) in [5, 5.41) is 10.9. The third kappa shape index (κ3) is 3.08. The number of rotatable bonds is 4. The van der Waals surface area contributed by atoms with Gasteiger partial charge in [-0.3, -0.25) is 4.57 Å². The van der Waals surface area contributed by atoms with Crippen molar-refractivity contribution in [3.63, 3.8) is 0 Å².